The number of carbonyl (C=O) groups excluding carboxylic acids is 1. The second kappa shape index (κ2) is 8.79. The Kier molecular flexibility index (Phi) is 6.45. The predicted molar refractivity (Wildman–Crippen MR) is 99.3 cm³/mol. The molecule has 0 unspecified atom stereocenters. The smallest absolute Gasteiger partial charge is 0.219 e. The normalized spacial score (nSPS) is 22.1. The number of hydrogen-bond donors (Lipinski definition) is 1. The molecule has 0 saturated carbocycles. The minimum Gasteiger partial charge on any atom is -0.387 e. The lowest BCUT2D eigenvalue weighted by Crippen LogP contribution is -2.49. The van der Waals surface area contributed by atoms with Crippen LogP contribution in [0.25, 0.3) is 0 Å². The molecule has 1 amide bonds. The zero-order chi connectivity index (χ0) is 17.6. The van der Waals surface area contributed by atoms with Crippen molar-refractivity contribution < 1.29 is 9.90 Å². The van der Waals surface area contributed by atoms with Crippen LogP contribution in [0.5, 0.6) is 0 Å². The SMILES string of the molecule is CC(=O)N1CCC(CN2CCN(C[C@@H](O)c3ccccc3)CC2)CC1. The lowest BCUT2D eigenvalue weighted by atomic mass is 9.96. The molecule has 2 aliphatic rings. The van der Waals surface area contributed by atoms with E-state index in [4.69, 9.17) is 0 Å². The number of likely N-dealkylation sites (tertiary alicyclic amines) is 1. The van der Waals surface area contributed by atoms with Crippen molar-refractivity contribution in [1.29, 1.82) is 0 Å². The molecule has 0 radical (unpaired) electrons. The van der Waals surface area contributed by atoms with E-state index in [1.54, 1.807) is 6.92 Å². The van der Waals surface area contributed by atoms with Gasteiger partial charge in [0.1, 0.15) is 0 Å². The first kappa shape index (κ1) is 18.4. The van der Waals surface area contributed by atoms with Crippen LogP contribution < -0.4 is 0 Å². The number of hydrogen-bond acceptors (Lipinski definition) is 4. The van der Waals surface area contributed by atoms with Gasteiger partial charge in [-0.15, -0.1) is 0 Å². The van der Waals surface area contributed by atoms with E-state index in [2.05, 4.69) is 9.80 Å². The second-order valence-electron chi connectivity index (χ2n) is 7.48. The van der Waals surface area contributed by atoms with E-state index in [9.17, 15) is 9.90 Å². The van der Waals surface area contributed by atoms with Gasteiger partial charge in [0.2, 0.25) is 5.91 Å². The van der Waals surface area contributed by atoms with Crippen LogP contribution in [-0.2, 0) is 4.79 Å². The molecule has 25 heavy (non-hydrogen) atoms. The lowest BCUT2D eigenvalue weighted by molar-refractivity contribution is -0.130. The number of β-amino-alcohol motifs (C(OH)–C–C–N with tert-alkyl or cyclic N) is 1. The molecule has 2 heterocycles. The van der Waals surface area contributed by atoms with E-state index in [-0.39, 0.29) is 5.91 Å². The van der Waals surface area contributed by atoms with Crippen molar-refractivity contribution in [2.75, 3.05) is 52.4 Å². The number of piperidine rings is 1. The molecule has 5 heteroatoms. The van der Waals surface area contributed by atoms with Crippen LogP contribution in [0.4, 0.5) is 0 Å². The molecule has 2 aliphatic heterocycles. The molecule has 1 N–H and O–H groups in total. The number of benzene rings is 1. The van der Waals surface area contributed by atoms with E-state index in [1.165, 1.54) is 0 Å². The zero-order valence-electron chi connectivity index (χ0n) is 15.3. The van der Waals surface area contributed by atoms with Crippen LogP contribution in [0.15, 0.2) is 30.3 Å². The van der Waals surface area contributed by atoms with Crippen molar-refractivity contribution in [2.45, 2.75) is 25.9 Å². The monoisotopic (exact) mass is 345 g/mol. The Labute approximate surface area is 151 Å². The number of rotatable bonds is 5. The summed E-state index contributed by atoms with van der Waals surface area (Å²) >= 11 is 0. The first-order valence-electron chi connectivity index (χ1n) is 9.55. The highest BCUT2D eigenvalue weighted by Crippen LogP contribution is 2.20. The number of amides is 1. The molecule has 2 fully saturated rings. The zero-order valence-corrected chi connectivity index (χ0v) is 15.3. The third-order valence-corrected chi connectivity index (χ3v) is 5.66. The van der Waals surface area contributed by atoms with Crippen molar-refractivity contribution in [1.82, 2.24) is 14.7 Å². The molecular weight excluding hydrogens is 314 g/mol. The Morgan fingerprint density at radius 2 is 1.64 bits per heavy atom. The highest BCUT2D eigenvalue weighted by Gasteiger charge is 2.25. The van der Waals surface area contributed by atoms with Gasteiger partial charge in [-0.3, -0.25) is 9.69 Å². The number of aliphatic hydroxyl groups is 1. The van der Waals surface area contributed by atoms with Gasteiger partial charge in [-0.2, -0.15) is 0 Å². The van der Waals surface area contributed by atoms with Gasteiger partial charge >= 0.3 is 0 Å². The molecule has 0 aromatic heterocycles. The second-order valence-corrected chi connectivity index (χ2v) is 7.48. The number of nitrogens with zero attached hydrogens (tertiary/aromatic N) is 3. The maximum Gasteiger partial charge on any atom is 0.219 e. The largest absolute Gasteiger partial charge is 0.387 e. The van der Waals surface area contributed by atoms with E-state index in [1.807, 2.05) is 35.2 Å². The van der Waals surface area contributed by atoms with Crippen molar-refractivity contribution in [3.63, 3.8) is 0 Å². The summed E-state index contributed by atoms with van der Waals surface area (Å²) in [6.07, 6.45) is 1.86. The molecule has 1 atom stereocenters. The Bertz CT molecular complexity index is 535. The molecule has 2 saturated heterocycles. The van der Waals surface area contributed by atoms with Crippen molar-refractivity contribution in [3.05, 3.63) is 35.9 Å². The Hall–Kier alpha value is -1.43. The molecule has 3 rings (SSSR count). The standard InChI is InChI=1S/C20H31N3O2/c1-17(24)23-9-7-18(8-10-23)15-21-11-13-22(14-12-21)16-20(25)19-5-3-2-4-6-19/h2-6,18,20,25H,7-16H2,1H3/t20-/m1/s1. The first-order chi connectivity index (χ1) is 12.1. The Morgan fingerprint density at radius 1 is 1.04 bits per heavy atom. The Morgan fingerprint density at radius 3 is 2.24 bits per heavy atom. The average Bonchev–Trinajstić information content (AvgIpc) is 2.64. The van der Waals surface area contributed by atoms with Crippen LogP contribution >= 0.6 is 0 Å². The van der Waals surface area contributed by atoms with Gasteiger partial charge in [-0.05, 0) is 24.3 Å². The summed E-state index contributed by atoms with van der Waals surface area (Å²) in [5, 5.41) is 10.4. The van der Waals surface area contributed by atoms with Gasteiger partial charge < -0.3 is 14.9 Å². The van der Waals surface area contributed by atoms with Crippen LogP contribution in [-0.4, -0.2) is 78.1 Å². The van der Waals surface area contributed by atoms with Gasteiger partial charge in [0.25, 0.3) is 0 Å². The van der Waals surface area contributed by atoms with Gasteiger partial charge in [0.05, 0.1) is 6.10 Å². The minimum atomic E-state index is -0.399. The van der Waals surface area contributed by atoms with Crippen LogP contribution in [0.1, 0.15) is 31.4 Å². The fraction of sp³-hybridized carbons (Fsp3) is 0.650. The highest BCUT2D eigenvalue weighted by molar-refractivity contribution is 5.73. The van der Waals surface area contributed by atoms with E-state index >= 15 is 0 Å². The summed E-state index contributed by atoms with van der Waals surface area (Å²) in [6.45, 7) is 9.58. The quantitative estimate of drug-likeness (QED) is 0.880. The van der Waals surface area contributed by atoms with Crippen molar-refractivity contribution in [2.24, 2.45) is 5.92 Å². The third-order valence-electron chi connectivity index (χ3n) is 5.66. The predicted octanol–water partition coefficient (Wildman–Crippen LogP) is 1.60. The van der Waals surface area contributed by atoms with Gasteiger partial charge in [-0.1, -0.05) is 30.3 Å². The lowest BCUT2D eigenvalue weighted by Gasteiger charge is -2.39. The maximum absolute atomic E-state index is 11.4. The van der Waals surface area contributed by atoms with E-state index < -0.39 is 6.10 Å². The molecule has 0 spiro atoms. The Balaban J connectivity index is 1.37. The average molecular weight is 345 g/mol. The molecule has 1 aromatic carbocycles. The first-order valence-corrected chi connectivity index (χ1v) is 9.55. The van der Waals surface area contributed by atoms with Crippen molar-refractivity contribution in [3.8, 4) is 0 Å². The van der Waals surface area contributed by atoms with Crippen molar-refractivity contribution >= 4 is 5.91 Å². The summed E-state index contributed by atoms with van der Waals surface area (Å²) in [6, 6.07) is 9.93. The fourth-order valence-electron chi connectivity index (χ4n) is 3.98. The van der Waals surface area contributed by atoms with Gasteiger partial charge in [0, 0.05) is 59.3 Å². The number of piperazine rings is 1. The highest BCUT2D eigenvalue weighted by atomic mass is 16.3. The molecule has 0 aliphatic carbocycles. The van der Waals surface area contributed by atoms with Crippen LogP contribution in [0.3, 0.4) is 0 Å². The number of aliphatic hydroxyl groups excluding tert-OH is 1. The third kappa shape index (κ3) is 5.27. The summed E-state index contributed by atoms with van der Waals surface area (Å²) in [5.74, 6) is 0.932. The molecule has 5 nitrogen and oxygen atoms in total. The number of carbonyl (C=O) groups is 1. The molecular formula is C20H31N3O2. The van der Waals surface area contributed by atoms with Gasteiger partial charge in [0.15, 0.2) is 0 Å². The van der Waals surface area contributed by atoms with E-state index in [0.717, 1.165) is 76.7 Å². The minimum absolute atomic E-state index is 0.212. The van der Waals surface area contributed by atoms with Gasteiger partial charge in [-0.25, -0.2) is 0 Å². The molecule has 138 valence electrons. The summed E-state index contributed by atoms with van der Waals surface area (Å²) in [7, 11) is 0. The summed E-state index contributed by atoms with van der Waals surface area (Å²) in [5.41, 5.74) is 1.00. The summed E-state index contributed by atoms with van der Waals surface area (Å²) < 4.78 is 0. The van der Waals surface area contributed by atoms with Crippen LogP contribution in [0, 0.1) is 5.92 Å². The molecule has 1 aromatic rings. The fourth-order valence-corrected chi connectivity index (χ4v) is 3.98. The topological polar surface area (TPSA) is 47.0 Å². The van der Waals surface area contributed by atoms with E-state index in [0.29, 0.717) is 0 Å². The molecule has 0 bridgehead atoms. The summed E-state index contributed by atoms with van der Waals surface area (Å²) in [4.78, 5) is 18.3. The maximum atomic E-state index is 11.4. The van der Waals surface area contributed by atoms with Crippen LogP contribution in [0.2, 0.25) is 0 Å².